The highest BCUT2D eigenvalue weighted by Gasteiger charge is 2.19. The number of alkyl halides is 1. The third-order valence-electron chi connectivity index (χ3n) is 2.86. The van der Waals surface area contributed by atoms with Crippen molar-refractivity contribution in [2.45, 2.75) is 6.04 Å². The molecule has 2 aromatic rings. The molecule has 20 heavy (non-hydrogen) atoms. The molecule has 104 valence electrons. The van der Waals surface area contributed by atoms with E-state index < -0.39 is 23.6 Å². The van der Waals surface area contributed by atoms with Crippen LogP contribution in [0.5, 0.6) is 0 Å². The van der Waals surface area contributed by atoms with Crippen LogP contribution >= 0.6 is 11.6 Å². The first-order chi connectivity index (χ1) is 9.63. The molecular formula is C15H12ClF2NO. The van der Waals surface area contributed by atoms with E-state index in [-0.39, 0.29) is 11.4 Å². The van der Waals surface area contributed by atoms with Crippen LogP contribution in [0.4, 0.5) is 8.78 Å². The number of nitrogens with one attached hydrogen (secondary N) is 1. The lowest BCUT2D eigenvalue weighted by Gasteiger charge is -2.16. The second kappa shape index (κ2) is 6.48. The van der Waals surface area contributed by atoms with E-state index in [1.54, 1.807) is 12.1 Å². The molecular weight excluding hydrogens is 284 g/mol. The smallest absolute Gasteiger partial charge is 0.254 e. The van der Waals surface area contributed by atoms with E-state index in [4.69, 9.17) is 11.6 Å². The Balaban J connectivity index is 2.20. The second-order valence-corrected chi connectivity index (χ2v) is 4.50. The third-order valence-corrected chi connectivity index (χ3v) is 3.17. The van der Waals surface area contributed by atoms with Crippen molar-refractivity contribution in [3.63, 3.8) is 0 Å². The first-order valence-corrected chi connectivity index (χ1v) is 6.52. The molecule has 0 heterocycles. The highest BCUT2D eigenvalue weighted by Crippen LogP contribution is 2.17. The Hall–Kier alpha value is -1.94. The van der Waals surface area contributed by atoms with Gasteiger partial charge in [0, 0.05) is 5.88 Å². The van der Waals surface area contributed by atoms with Gasteiger partial charge >= 0.3 is 0 Å². The minimum Gasteiger partial charge on any atom is -0.344 e. The maximum atomic E-state index is 13.5. The van der Waals surface area contributed by atoms with Crippen molar-refractivity contribution in [2.75, 3.05) is 5.88 Å². The van der Waals surface area contributed by atoms with Crippen LogP contribution in [0, 0.1) is 11.6 Å². The second-order valence-electron chi connectivity index (χ2n) is 4.19. The van der Waals surface area contributed by atoms with Crippen LogP contribution in [-0.4, -0.2) is 11.8 Å². The normalized spacial score (nSPS) is 11.9. The molecule has 0 fully saturated rings. The van der Waals surface area contributed by atoms with Crippen LogP contribution in [0.2, 0.25) is 0 Å². The molecule has 1 unspecified atom stereocenters. The number of halogens is 3. The zero-order valence-electron chi connectivity index (χ0n) is 10.4. The van der Waals surface area contributed by atoms with Crippen molar-refractivity contribution in [2.24, 2.45) is 0 Å². The van der Waals surface area contributed by atoms with Crippen LogP contribution in [0.15, 0.2) is 48.5 Å². The summed E-state index contributed by atoms with van der Waals surface area (Å²) in [4.78, 5) is 12.0. The molecule has 0 saturated heterocycles. The van der Waals surface area contributed by atoms with Crippen LogP contribution < -0.4 is 5.32 Å². The molecule has 0 aromatic heterocycles. The van der Waals surface area contributed by atoms with Gasteiger partial charge in [-0.3, -0.25) is 4.79 Å². The molecule has 5 heteroatoms. The van der Waals surface area contributed by atoms with Gasteiger partial charge in [0.1, 0.15) is 0 Å². The van der Waals surface area contributed by atoms with Crippen LogP contribution in [0.1, 0.15) is 22.0 Å². The van der Waals surface area contributed by atoms with Crippen molar-refractivity contribution in [3.05, 3.63) is 71.3 Å². The summed E-state index contributed by atoms with van der Waals surface area (Å²) in [6.45, 7) is 0. The molecule has 2 rings (SSSR count). The third kappa shape index (κ3) is 3.14. The van der Waals surface area contributed by atoms with E-state index in [9.17, 15) is 13.6 Å². The molecule has 0 aliphatic carbocycles. The summed E-state index contributed by atoms with van der Waals surface area (Å²) in [7, 11) is 0. The van der Waals surface area contributed by atoms with Gasteiger partial charge < -0.3 is 5.32 Å². The highest BCUT2D eigenvalue weighted by atomic mass is 35.5. The Bertz CT molecular complexity index is 604. The molecule has 1 atom stereocenters. The summed E-state index contributed by atoms with van der Waals surface area (Å²) in [5.74, 6) is -2.78. The highest BCUT2D eigenvalue weighted by molar-refractivity contribution is 6.18. The predicted molar refractivity (Wildman–Crippen MR) is 73.7 cm³/mol. The van der Waals surface area contributed by atoms with E-state index >= 15 is 0 Å². The van der Waals surface area contributed by atoms with Gasteiger partial charge in [-0.25, -0.2) is 8.78 Å². The number of hydrogen-bond donors (Lipinski definition) is 1. The van der Waals surface area contributed by atoms with Gasteiger partial charge in [-0.1, -0.05) is 36.4 Å². The molecule has 0 radical (unpaired) electrons. The number of carbonyl (C=O) groups is 1. The quantitative estimate of drug-likeness (QED) is 0.857. The lowest BCUT2D eigenvalue weighted by Crippen LogP contribution is -2.30. The minimum absolute atomic E-state index is 0.132. The summed E-state index contributed by atoms with van der Waals surface area (Å²) in [5.41, 5.74) is 0.462. The van der Waals surface area contributed by atoms with Crippen LogP contribution in [-0.2, 0) is 0 Å². The van der Waals surface area contributed by atoms with E-state index in [1.807, 2.05) is 18.2 Å². The molecule has 0 aliphatic rings. The topological polar surface area (TPSA) is 29.1 Å². The van der Waals surface area contributed by atoms with Crippen molar-refractivity contribution >= 4 is 17.5 Å². The van der Waals surface area contributed by atoms with Crippen molar-refractivity contribution in [3.8, 4) is 0 Å². The summed E-state index contributed by atoms with van der Waals surface area (Å²) < 4.78 is 26.6. The van der Waals surface area contributed by atoms with Crippen LogP contribution in [0.3, 0.4) is 0 Å². The van der Waals surface area contributed by atoms with Gasteiger partial charge in [0.2, 0.25) is 0 Å². The number of benzene rings is 2. The Morgan fingerprint density at radius 3 is 2.45 bits per heavy atom. The van der Waals surface area contributed by atoms with E-state index in [0.717, 1.165) is 11.6 Å². The average Bonchev–Trinajstić information content (AvgIpc) is 2.48. The zero-order valence-corrected chi connectivity index (χ0v) is 11.2. The Morgan fingerprint density at radius 1 is 1.10 bits per heavy atom. The first-order valence-electron chi connectivity index (χ1n) is 5.99. The zero-order chi connectivity index (χ0) is 14.5. The fourth-order valence-electron chi connectivity index (χ4n) is 1.81. The molecule has 0 bridgehead atoms. The van der Waals surface area contributed by atoms with Gasteiger partial charge in [0.25, 0.3) is 5.91 Å². The first kappa shape index (κ1) is 14.5. The van der Waals surface area contributed by atoms with Crippen molar-refractivity contribution in [1.82, 2.24) is 5.32 Å². The number of amides is 1. The maximum Gasteiger partial charge on any atom is 0.254 e. The average molecular weight is 296 g/mol. The summed E-state index contributed by atoms with van der Waals surface area (Å²) in [6, 6.07) is 12.1. The molecule has 1 N–H and O–H groups in total. The molecule has 0 aliphatic heterocycles. The van der Waals surface area contributed by atoms with E-state index in [2.05, 4.69) is 5.32 Å². The van der Waals surface area contributed by atoms with Gasteiger partial charge in [-0.05, 0) is 17.7 Å². The van der Waals surface area contributed by atoms with Crippen LogP contribution in [0.25, 0.3) is 0 Å². The maximum absolute atomic E-state index is 13.5. The van der Waals surface area contributed by atoms with Crippen molar-refractivity contribution in [1.29, 1.82) is 0 Å². The molecule has 0 saturated carbocycles. The largest absolute Gasteiger partial charge is 0.344 e. The van der Waals surface area contributed by atoms with Gasteiger partial charge in [-0.2, -0.15) is 0 Å². The van der Waals surface area contributed by atoms with Crippen molar-refractivity contribution < 1.29 is 13.6 Å². The van der Waals surface area contributed by atoms with Gasteiger partial charge in [-0.15, -0.1) is 11.6 Å². The summed E-state index contributed by atoms with van der Waals surface area (Å²) in [6.07, 6.45) is 0. The molecule has 2 nitrogen and oxygen atoms in total. The standard InChI is InChI=1S/C15H12ClF2NO/c16-9-13(10-5-2-1-3-6-10)19-15(20)11-7-4-8-12(17)14(11)18/h1-8,13H,9H2,(H,19,20). The Labute approximate surface area is 120 Å². The Morgan fingerprint density at radius 2 is 1.80 bits per heavy atom. The Kier molecular flexibility index (Phi) is 4.69. The summed E-state index contributed by atoms with van der Waals surface area (Å²) >= 11 is 5.82. The number of hydrogen-bond acceptors (Lipinski definition) is 1. The summed E-state index contributed by atoms with van der Waals surface area (Å²) in [5, 5.41) is 2.59. The molecule has 1 amide bonds. The molecule has 2 aromatic carbocycles. The lowest BCUT2D eigenvalue weighted by molar-refractivity contribution is 0.0935. The number of rotatable bonds is 4. The SMILES string of the molecule is O=C(NC(CCl)c1ccccc1)c1cccc(F)c1F. The predicted octanol–water partition coefficient (Wildman–Crippen LogP) is 3.67. The molecule has 0 spiro atoms. The lowest BCUT2D eigenvalue weighted by atomic mass is 10.1. The number of carbonyl (C=O) groups excluding carboxylic acids is 1. The van der Waals surface area contributed by atoms with Gasteiger partial charge in [0.05, 0.1) is 11.6 Å². The monoisotopic (exact) mass is 295 g/mol. The minimum atomic E-state index is -1.16. The fourth-order valence-corrected chi connectivity index (χ4v) is 2.07. The van der Waals surface area contributed by atoms with E-state index in [0.29, 0.717) is 0 Å². The fraction of sp³-hybridized carbons (Fsp3) is 0.133. The van der Waals surface area contributed by atoms with E-state index in [1.165, 1.54) is 12.1 Å². The van der Waals surface area contributed by atoms with Gasteiger partial charge in [0.15, 0.2) is 11.6 Å².